The maximum absolute atomic E-state index is 13.6. The lowest BCUT2D eigenvalue weighted by atomic mass is 9.96. The summed E-state index contributed by atoms with van der Waals surface area (Å²) in [5.41, 5.74) is 3.44. The first-order valence-corrected chi connectivity index (χ1v) is 12.5. The van der Waals surface area contributed by atoms with E-state index in [9.17, 15) is 13.6 Å². The average molecular weight is 468 g/mol. The van der Waals surface area contributed by atoms with Gasteiger partial charge in [0.05, 0.1) is 11.6 Å². The fraction of sp³-hybridized carbons (Fsp3) is 0.483. The Morgan fingerprint density at radius 2 is 1.76 bits per heavy atom. The molecular formula is C29H35F2NO2. The van der Waals surface area contributed by atoms with Crippen molar-refractivity contribution in [2.75, 3.05) is 0 Å². The van der Waals surface area contributed by atoms with Crippen LogP contribution in [0.4, 0.5) is 8.78 Å². The molecule has 4 rings (SSSR count). The van der Waals surface area contributed by atoms with Crippen LogP contribution in [0.1, 0.15) is 87.3 Å². The number of hydrogen-bond donors (Lipinski definition) is 0. The smallest absolute Gasteiger partial charge is 0.165 e. The maximum Gasteiger partial charge on any atom is 0.165 e. The van der Waals surface area contributed by atoms with E-state index in [0.29, 0.717) is 17.9 Å². The van der Waals surface area contributed by atoms with Gasteiger partial charge in [-0.3, -0.25) is 4.79 Å². The number of fused-ring (bicyclic) bond motifs is 1. The van der Waals surface area contributed by atoms with Crippen molar-refractivity contribution in [2.45, 2.75) is 84.8 Å². The Bertz CT molecular complexity index is 1170. The van der Waals surface area contributed by atoms with Gasteiger partial charge in [-0.15, -0.1) is 0 Å². The van der Waals surface area contributed by atoms with Crippen molar-refractivity contribution in [1.82, 2.24) is 4.57 Å². The van der Waals surface area contributed by atoms with Gasteiger partial charge < -0.3 is 9.30 Å². The summed E-state index contributed by atoms with van der Waals surface area (Å²) in [6.45, 7) is 9.41. The third kappa shape index (κ3) is 5.18. The zero-order chi connectivity index (χ0) is 24.4. The summed E-state index contributed by atoms with van der Waals surface area (Å²) in [6, 6.07) is 9.94. The van der Waals surface area contributed by atoms with Crippen LogP contribution in [0.15, 0.2) is 36.4 Å². The summed E-state index contributed by atoms with van der Waals surface area (Å²) in [5, 5.41) is 0.943. The summed E-state index contributed by atoms with van der Waals surface area (Å²) >= 11 is 0. The van der Waals surface area contributed by atoms with E-state index in [0.717, 1.165) is 53.4 Å². The lowest BCUT2D eigenvalue weighted by Gasteiger charge is -2.17. The quantitative estimate of drug-likeness (QED) is 0.300. The first kappa shape index (κ1) is 24.4. The molecule has 0 N–H and O–H groups in total. The molecule has 0 amide bonds. The van der Waals surface area contributed by atoms with Gasteiger partial charge >= 0.3 is 0 Å². The number of ether oxygens (including phenoxy) is 1. The molecule has 3 aromatic rings. The lowest BCUT2D eigenvalue weighted by Crippen LogP contribution is -2.13. The van der Waals surface area contributed by atoms with Gasteiger partial charge in [-0.1, -0.05) is 33.8 Å². The number of aromatic nitrogens is 1. The molecule has 3 nitrogen and oxygen atoms in total. The molecular weight excluding hydrogens is 432 g/mol. The second-order valence-electron chi connectivity index (χ2n) is 10.3. The molecule has 34 heavy (non-hydrogen) atoms. The molecule has 0 bridgehead atoms. The third-order valence-electron chi connectivity index (χ3n) is 6.68. The fourth-order valence-corrected chi connectivity index (χ4v) is 5.15. The number of carbonyl (C=O) groups is 1. The summed E-state index contributed by atoms with van der Waals surface area (Å²) in [7, 11) is 0. The summed E-state index contributed by atoms with van der Waals surface area (Å²) in [5.74, 6) is -0.283. The summed E-state index contributed by atoms with van der Waals surface area (Å²) in [4.78, 5) is 13.6. The standard InChI is InChI=1S/C29H35F2NO2/c1-18(2)17-32-26-16-22(34-21-7-5-6-8-21)11-12-23(26)28(29(32)19(3)4)27(33)14-10-20-9-13-24(30)25(31)15-20/h9,11-13,15-16,18-19,21H,5-8,10,14,17H2,1-4H3. The number of ketones is 1. The number of rotatable bonds is 9. The van der Waals surface area contributed by atoms with E-state index < -0.39 is 11.6 Å². The predicted molar refractivity (Wildman–Crippen MR) is 133 cm³/mol. The van der Waals surface area contributed by atoms with E-state index in [4.69, 9.17) is 4.74 Å². The van der Waals surface area contributed by atoms with Crippen molar-refractivity contribution in [2.24, 2.45) is 5.92 Å². The van der Waals surface area contributed by atoms with Crippen LogP contribution < -0.4 is 4.74 Å². The number of nitrogens with zero attached hydrogens (tertiary/aromatic N) is 1. The van der Waals surface area contributed by atoms with Gasteiger partial charge in [-0.05, 0) is 73.8 Å². The van der Waals surface area contributed by atoms with Gasteiger partial charge in [-0.25, -0.2) is 8.78 Å². The van der Waals surface area contributed by atoms with Gasteiger partial charge in [-0.2, -0.15) is 0 Å². The molecule has 0 atom stereocenters. The van der Waals surface area contributed by atoms with Crippen LogP contribution in [-0.4, -0.2) is 16.5 Å². The molecule has 0 aliphatic heterocycles. The van der Waals surface area contributed by atoms with E-state index in [1.807, 2.05) is 12.1 Å². The lowest BCUT2D eigenvalue weighted by molar-refractivity contribution is 0.0982. The average Bonchev–Trinajstić information content (AvgIpc) is 3.40. The zero-order valence-electron chi connectivity index (χ0n) is 20.7. The van der Waals surface area contributed by atoms with Crippen LogP contribution in [0.3, 0.4) is 0 Å². The second kappa shape index (κ2) is 10.3. The summed E-state index contributed by atoms with van der Waals surface area (Å²) in [6.07, 6.45) is 5.49. The molecule has 0 unspecified atom stereocenters. The first-order chi connectivity index (χ1) is 16.2. The van der Waals surface area contributed by atoms with Gasteiger partial charge in [0, 0.05) is 35.7 Å². The Morgan fingerprint density at radius 1 is 1.03 bits per heavy atom. The van der Waals surface area contributed by atoms with Crippen LogP contribution in [0.5, 0.6) is 5.75 Å². The van der Waals surface area contributed by atoms with E-state index in [1.54, 1.807) is 6.07 Å². The monoisotopic (exact) mass is 467 g/mol. The molecule has 0 spiro atoms. The van der Waals surface area contributed by atoms with Gasteiger partial charge in [0.2, 0.25) is 0 Å². The Balaban J connectivity index is 1.71. The normalized spacial score (nSPS) is 14.6. The molecule has 1 fully saturated rings. The maximum atomic E-state index is 13.6. The first-order valence-electron chi connectivity index (χ1n) is 12.5. The molecule has 0 saturated heterocycles. The number of carbonyl (C=O) groups excluding carboxylic acids is 1. The minimum atomic E-state index is -0.879. The minimum absolute atomic E-state index is 0.0328. The highest BCUT2D eigenvalue weighted by Gasteiger charge is 2.25. The van der Waals surface area contributed by atoms with Crippen molar-refractivity contribution in [3.63, 3.8) is 0 Å². The molecule has 1 aromatic heterocycles. The molecule has 2 aromatic carbocycles. The van der Waals surface area contributed by atoms with Gasteiger partial charge in [0.15, 0.2) is 17.4 Å². The summed E-state index contributed by atoms with van der Waals surface area (Å²) < 4.78 is 35.5. The van der Waals surface area contributed by atoms with Crippen LogP contribution in [0.25, 0.3) is 10.9 Å². The van der Waals surface area contributed by atoms with Gasteiger partial charge in [0.25, 0.3) is 0 Å². The van der Waals surface area contributed by atoms with Crippen molar-refractivity contribution in [3.8, 4) is 5.75 Å². The Morgan fingerprint density at radius 3 is 2.41 bits per heavy atom. The topological polar surface area (TPSA) is 31.2 Å². The van der Waals surface area contributed by atoms with E-state index >= 15 is 0 Å². The predicted octanol–water partition coefficient (Wildman–Crippen LogP) is 7.84. The number of hydrogen-bond acceptors (Lipinski definition) is 2. The van der Waals surface area contributed by atoms with Gasteiger partial charge in [0.1, 0.15) is 5.75 Å². The fourth-order valence-electron chi connectivity index (χ4n) is 5.15. The van der Waals surface area contributed by atoms with E-state index in [1.165, 1.54) is 18.9 Å². The highest BCUT2D eigenvalue weighted by Crippen LogP contribution is 2.36. The number of aryl methyl sites for hydroxylation is 1. The Hall–Kier alpha value is -2.69. The third-order valence-corrected chi connectivity index (χ3v) is 6.68. The van der Waals surface area contributed by atoms with Crippen molar-refractivity contribution in [1.29, 1.82) is 0 Å². The van der Waals surface area contributed by atoms with Crippen LogP contribution in [0, 0.1) is 17.6 Å². The largest absolute Gasteiger partial charge is 0.490 e. The Kier molecular flexibility index (Phi) is 7.39. The van der Waals surface area contributed by atoms with Crippen molar-refractivity contribution < 1.29 is 18.3 Å². The van der Waals surface area contributed by atoms with E-state index in [-0.39, 0.29) is 24.2 Å². The molecule has 1 aliphatic rings. The number of benzene rings is 2. The highest BCUT2D eigenvalue weighted by atomic mass is 19.2. The van der Waals surface area contributed by atoms with Crippen LogP contribution in [0.2, 0.25) is 0 Å². The molecule has 1 aliphatic carbocycles. The highest BCUT2D eigenvalue weighted by molar-refractivity contribution is 6.10. The molecule has 1 saturated carbocycles. The zero-order valence-corrected chi connectivity index (χ0v) is 20.7. The van der Waals surface area contributed by atoms with Crippen molar-refractivity contribution >= 4 is 16.7 Å². The molecule has 1 heterocycles. The van der Waals surface area contributed by atoms with Crippen molar-refractivity contribution in [3.05, 3.63) is 64.9 Å². The Labute approximate surface area is 201 Å². The molecule has 5 heteroatoms. The number of Topliss-reactive ketones (excluding diaryl/α,β-unsaturated/α-hetero) is 1. The molecule has 0 radical (unpaired) electrons. The SMILES string of the molecule is CC(C)Cn1c(C(C)C)c(C(=O)CCc2ccc(F)c(F)c2)c2ccc(OC3CCCC3)cc21. The number of halogens is 2. The second-order valence-corrected chi connectivity index (χ2v) is 10.3. The molecule has 182 valence electrons. The minimum Gasteiger partial charge on any atom is -0.490 e. The van der Waals surface area contributed by atoms with Crippen LogP contribution >= 0.6 is 0 Å². The van der Waals surface area contributed by atoms with Crippen LogP contribution in [-0.2, 0) is 13.0 Å². The van der Waals surface area contributed by atoms with E-state index in [2.05, 4.69) is 38.3 Å².